The van der Waals surface area contributed by atoms with Crippen LogP contribution < -0.4 is 5.32 Å². The van der Waals surface area contributed by atoms with Crippen molar-refractivity contribution in [1.82, 2.24) is 5.32 Å². The van der Waals surface area contributed by atoms with Crippen molar-refractivity contribution in [2.24, 2.45) is 0 Å². The minimum atomic E-state index is -1.30. The Bertz CT molecular complexity index is 222. The summed E-state index contributed by atoms with van der Waals surface area (Å²) in [6.45, 7) is 2.78. The van der Waals surface area contributed by atoms with E-state index in [0.29, 0.717) is 0 Å². The van der Waals surface area contributed by atoms with Gasteiger partial charge in [0.15, 0.2) is 6.29 Å². The van der Waals surface area contributed by atoms with E-state index in [1.807, 2.05) is 0 Å². The van der Waals surface area contributed by atoms with Gasteiger partial charge in [-0.3, -0.25) is 4.79 Å². The van der Waals surface area contributed by atoms with E-state index in [1.165, 1.54) is 13.8 Å². The Hall–Kier alpha value is -0.690. The average molecular weight is 205 g/mol. The van der Waals surface area contributed by atoms with Crippen molar-refractivity contribution in [2.75, 3.05) is 0 Å². The van der Waals surface area contributed by atoms with Crippen LogP contribution in [0.3, 0.4) is 0 Å². The van der Waals surface area contributed by atoms with Crippen LogP contribution in [0.5, 0.6) is 0 Å². The number of amides is 1. The van der Waals surface area contributed by atoms with Crippen molar-refractivity contribution >= 4 is 5.91 Å². The number of aliphatic hydroxyl groups excluding tert-OH is 3. The van der Waals surface area contributed by atoms with E-state index in [1.54, 1.807) is 0 Å². The molecule has 1 rings (SSSR count). The number of rotatable bonds is 1. The molecule has 1 saturated heterocycles. The first kappa shape index (κ1) is 11.4. The number of aliphatic hydroxyl groups is 3. The summed E-state index contributed by atoms with van der Waals surface area (Å²) in [7, 11) is 0. The van der Waals surface area contributed by atoms with Gasteiger partial charge in [-0.05, 0) is 6.92 Å². The van der Waals surface area contributed by atoms with Gasteiger partial charge in [0, 0.05) is 6.92 Å². The Balaban J connectivity index is 2.68. The fraction of sp³-hybridized carbons (Fsp3) is 0.875. The van der Waals surface area contributed by atoms with Crippen LogP contribution in [0, 0.1) is 0 Å². The van der Waals surface area contributed by atoms with Crippen LogP contribution in [0.2, 0.25) is 0 Å². The summed E-state index contributed by atoms with van der Waals surface area (Å²) in [5.74, 6) is -0.404. The third-order valence-electron chi connectivity index (χ3n) is 2.23. The van der Waals surface area contributed by atoms with Crippen molar-refractivity contribution < 1.29 is 24.9 Å². The molecular weight excluding hydrogens is 190 g/mol. The van der Waals surface area contributed by atoms with Gasteiger partial charge in [0.05, 0.1) is 6.10 Å². The van der Waals surface area contributed by atoms with Gasteiger partial charge in [-0.15, -0.1) is 0 Å². The van der Waals surface area contributed by atoms with Gasteiger partial charge in [-0.25, -0.2) is 0 Å². The van der Waals surface area contributed by atoms with Crippen LogP contribution in [0.4, 0.5) is 0 Å². The highest BCUT2D eigenvalue weighted by atomic mass is 16.6. The highest BCUT2D eigenvalue weighted by molar-refractivity contribution is 5.73. The van der Waals surface area contributed by atoms with Crippen LogP contribution >= 0.6 is 0 Å². The van der Waals surface area contributed by atoms with Gasteiger partial charge < -0.3 is 25.4 Å². The molecule has 0 aliphatic carbocycles. The standard InChI is InChI=1S/C8H15NO5/c1-3-6(11)7(12)5(8(13)14-3)9-4(2)10/h3,5-8,11-13H,1-2H3,(H,9,10). The molecule has 1 fully saturated rings. The minimum Gasteiger partial charge on any atom is -0.388 e. The molecule has 0 saturated carbocycles. The summed E-state index contributed by atoms with van der Waals surface area (Å²) >= 11 is 0. The highest BCUT2D eigenvalue weighted by Gasteiger charge is 2.42. The highest BCUT2D eigenvalue weighted by Crippen LogP contribution is 2.19. The second-order valence-electron chi connectivity index (χ2n) is 3.44. The number of carbonyl (C=O) groups is 1. The molecule has 5 atom stereocenters. The monoisotopic (exact) mass is 205 g/mol. The molecule has 6 nitrogen and oxygen atoms in total. The molecule has 0 bridgehead atoms. The first-order chi connectivity index (χ1) is 6.43. The maximum absolute atomic E-state index is 10.7. The SMILES string of the molecule is CC(=O)NC1C(O)OC(C)C(O)C1O. The van der Waals surface area contributed by atoms with Crippen LogP contribution in [0.1, 0.15) is 13.8 Å². The van der Waals surface area contributed by atoms with E-state index >= 15 is 0 Å². The van der Waals surface area contributed by atoms with Gasteiger partial charge in [-0.1, -0.05) is 0 Å². The lowest BCUT2D eigenvalue weighted by atomic mass is 9.98. The van der Waals surface area contributed by atoms with Gasteiger partial charge in [0.1, 0.15) is 18.2 Å². The first-order valence-electron chi connectivity index (χ1n) is 4.40. The smallest absolute Gasteiger partial charge is 0.217 e. The summed E-state index contributed by atoms with van der Waals surface area (Å²) in [6, 6.07) is -0.987. The average Bonchev–Trinajstić information content (AvgIpc) is 2.09. The molecule has 6 heteroatoms. The van der Waals surface area contributed by atoms with Crippen molar-refractivity contribution in [2.45, 2.75) is 44.5 Å². The Morgan fingerprint density at radius 3 is 2.36 bits per heavy atom. The van der Waals surface area contributed by atoms with Crippen molar-refractivity contribution in [3.05, 3.63) is 0 Å². The van der Waals surface area contributed by atoms with Gasteiger partial charge >= 0.3 is 0 Å². The molecule has 1 aliphatic rings. The van der Waals surface area contributed by atoms with E-state index in [0.717, 1.165) is 0 Å². The van der Waals surface area contributed by atoms with E-state index in [2.05, 4.69) is 5.32 Å². The van der Waals surface area contributed by atoms with E-state index in [9.17, 15) is 20.1 Å². The van der Waals surface area contributed by atoms with E-state index in [-0.39, 0.29) is 0 Å². The second-order valence-corrected chi connectivity index (χ2v) is 3.44. The molecule has 0 spiro atoms. The summed E-state index contributed by atoms with van der Waals surface area (Å²) in [6.07, 6.45) is -4.30. The van der Waals surface area contributed by atoms with E-state index in [4.69, 9.17) is 4.74 Å². The number of carbonyl (C=O) groups excluding carboxylic acids is 1. The number of hydrogen-bond donors (Lipinski definition) is 4. The maximum Gasteiger partial charge on any atom is 0.217 e. The molecule has 14 heavy (non-hydrogen) atoms. The number of hydrogen-bond acceptors (Lipinski definition) is 5. The number of ether oxygens (including phenoxy) is 1. The van der Waals surface area contributed by atoms with Crippen LogP contribution in [-0.2, 0) is 9.53 Å². The molecule has 1 heterocycles. The zero-order valence-corrected chi connectivity index (χ0v) is 8.04. The second kappa shape index (κ2) is 4.22. The lowest BCUT2D eigenvalue weighted by molar-refractivity contribution is -0.242. The molecule has 1 amide bonds. The molecular formula is C8H15NO5. The molecule has 0 aromatic rings. The van der Waals surface area contributed by atoms with Gasteiger partial charge in [-0.2, -0.15) is 0 Å². The Kier molecular flexibility index (Phi) is 3.43. The van der Waals surface area contributed by atoms with Crippen molar-refractivity contribution in [3.63, 3.8) is 0 Å². The van der Waals surface area contributed by atoms with Crippen LogP contribution in [0.25, 0.3) is 0 Å². The predicted molar refractivity (Wildman–Crippen MR) is 46.2 cm³/mol. The quantitative estimate of drug-likeness (QED) is 0.395. The lowest BCUT2D eigenvalue weighted by Crippen LogP contribution is -2.62. The molecule has 1 aliphatic heterocycles. The minimum absolute atomic E-state index is 0.404. The summed E-state index contributed by atoms with van der Waals surface area (Å²) < 4.78 is 4.91. The first-order valence-corrected chi connectivity index (χ1v) is 4.40. The molecule has 82 valence electrons. The fourth-order valence-electron chi connectivity index (χ4n) is 1.44. The van der Waals surface area contributed by atoms with Crippen molar-refractivity contribution in [1.29, 1.82) is 0 Å². The normalized spacial score (nSPS) is 43.4. The molecule has 0 radical (unpaired) electrons. The zero-order chi connectivity index (χ0) is 10.9. The predicted octanol–water partition coefficient (Wildman–Crippen LogP) is -2.05. The summed E-state index contributed by atoms with van der Waals surface area (Å²) in [5, 5.41) is 30.6. The van der Waals surface area contributed by atoms with Gasteiger partial charge in [0.2, 0.25) is 5.91 Å². The fourth-order valence-corrected chi connectivity index (χ4v) is 1.44. The maximum atomic E-state index is 10.7. The zero-order valence-electron chi connectivity index (χ0n) is 8.04. The third-order valence-corrected chi connectivity index (χ3v) is 2.23. The topological polar surface area (TPSA) is 99.0 Å². The summed E-state index contributed by atoms with van der Waals surface area (Å²) in [5.41, 5.74) is 0. The molecule has 0 aromatic heterocycles. The number of nitrogens with one attached hydrogen (secondary N) is 1. The summed E-state index contributed by atoms with van der Waals surface area (Å²) in [4.78, 5) is 10.7. The molecule has 5 unspecified atom stereocenters. The Labute approximate surface area is 81.5 Å². The van der Waals surface area contributed by atoms with Crippen LogP contribution in [0.15, 0.2) is 0 Å². The van der Waals surface area contributed by atoms with Crippen LogP contribution in [-0.4, -0.2) is 51.9 Å². The van der Waals surface area contributed by atoms with E-state index < -0.39 is 36.6 Å². The molecule has 4 N–H and O–H groups in total. The Morgan fingerprint density at radius 2 is 1.86 bits per heavy atom. The Morgan fingerprint density at radius 1 is 1.29 bits per heavy atom. The third kappa shape index (κ3) is 2.21. The van der Waals surface area contributed by atoms with Gasteiger partial charge in [0.25, 0.3) is 0 Å². The molecule has 0 aromatic carbocycles. The largest absolute Gasteiger partial charge is 0.388 e. The van der Waals surface area contributed by atoms with Crippen molar-refractivity contribution in [3.8, 4) is 0 Å². The lowest BCUT2D eigenvalue weighted by Gasteiger charge is -2.39.